The molecule has 2 atom stereocenters. The third-order valence-electron chi connectivity index (χ3n) is 3.95. The first-order valence-electron chi connectivity index (χ1n) is 6.82. The Hall–Kier alpha value is -1.26. The SMILES string of the molecule is COC(=O)C12CCC(CN(C(=O)OC(C)(C)C)C1)C2. The number of piperidine rings is 1. The van der Waals surface area contributed by atoms with Crippen molar-refractivity contribution >= 4 is 12.1 Å². The second kappa shape index (κ2) is 4.69. The van der Waals surface area contributed by atoms with Gasteiger partial charge in [-0.2, -0.15) is 0 Å². The van der Waals surface area contributed by atoms with Gasteiger partial charge in [0.25, 0.3) is 0 Å². The standard InChI is InChI=1S/C14H23NO4/c1-13(2,3)19-12(17)15-8-10-5-6-14(7-10,9-15)11(16)18-4/h10H,5-9H2,1-4H3. The molecule has 1 amide bonds. The molecule has 1 saturated carbocycles. The number of hydrogen-bond donors (Lipinski definition) is 0. The highest BCUT2D eigenvalue weighted by atomic mass is 16.6. The minimum Gasteiger partial charge on any atom is -0.469 e. The number of esters is 1. The van der Waals surface area contributed by atoms with Gasteiger partial charge in [0, 0.05) is 13.1 Å². The molecule has 1 aliphatic carbocycles. The van der Waals surface area contributed by atoms with Crippen LogP contribution in [0.25, 0.3) is 0 Å². The van der Waals surface area contributed by atoms with Crippen molar-refractivity contribution in [2.24, 2.45) is 11.3 Å². The molecule has 5 nitrogen and oxygen atoms in total. The predicted molar refractivity (Wildman–Crippen MR) is 69.6 cm³/mol. The summed E-state index contributed by atoms with van der Waals surface area (Å²) in [5.41, 5.74) is -1.01. The molecule has 2 bridgehead atoms. The van der Waals surface area contributed by atoms with Gasteiger partial charge in [-0.05, 0) is 46.0 Å². The molecule has 19 heavy (non-hydrogen) atoms. The minimum absolute atomic E-state index is 0.191. The van der Waals surface area contributed by atoms with E-state index in [1.165, 1.54) is 7.11 Å². The fourth-order valence-corrected chi connectivity index (χ4v) is 3.21. The molecule has 0 aromatic rings. The number of amides is 1. The number of fused-ring (bicyclic) bond motifs is 2. The maximum absolute atomic E-state index is 12.1. The van der Waals surface area contributed by atoms with Crippen LogP contribution in [0.3, 0.4) is 0 Å². The van der Waals surface area contributed by atoms with Gasteiger partial charge in [-0.1, -0.05) is 0 Å². The van der Waals surface area contributed by atoms with Gasteiger partial charge in [0.2, 0.25) is 0 Å². The molecule has 2 rings (SSSR count). The molecule has 0 radical (unpaired) electrons. The molecule has 1 heterocycles. The van der Waals surface area contributed by atoms with Crippen LogP contribution in [0.5, 0.6) is 0 Å². The lowest BCUT2D eigenvalue weighted by atomic mass is 9.82. The number of ether oxygens (including phenoxy) is 2. The molecule has 2 unspecified atom stereocenters. The van der Waals surface area contributed by atoms with Crippen molar-refractivity contribution < 1.29 is 19.1 Å². The summed E-state index contributed by atoms with van der Waals surface area (Å²) in [5.74, 6) is 0.198. The Kier molecular flexibility index (Phi) is 3.49. The highest BCUT2D eigenvalue weighted by molar-refractivity contribution is 5.79. The highest BCUT2D eigenvalue weighted by Crippen LogP contribution is 2.47. The van der Waals surface area contributed by atoms with E-state index in [9.17, 15) is 9.59 Å². The average Bonchev–Trinajstić information content (AvgIpc) is 2.62. The van der Waals surface area contributed by atoms with Crippen LogP contribution in [0.2, 0.25) is 0 Å². The Bertz CT molecular complexity index is 387. The Labute approximate surface area is 114 Å². The second-order valence-corrected chi connectivity index (χ2v) is 6.74. The molecule has 5 heteroatoms. The van der Waals surface area contributed by atoms with E-state index in [-0.39, 0.29) is 12.1 Å². The average molecular weight is 269 g/mol. The van der Waals surface area contributed by atoms with E-state index in [1.807, 2.05) is 20.8 Å². The predicted octanol–water partition coefficient (Wildman–Crippen LogP) is 2.20. The smallest absolute Gasteiger partial charge is 0.410 e. The van der Waals surface area contributed by atoms with E-state index >= 15 is 0 Å². The number of nitrogens with zero attached hydrogens (tertiary/aromatic N) is 1. The molecule has 0 aromatic heterocycles. The lowest BCUT2D eigenvalue weighted by molar-refractivity contribution is -0.154. The molecule has 2 fully saturated rings. The van der Waals surface area contributed by atoms with Crippen LogP contribution in [0.1, 0.15) is 40.0 Å². The Morgan fingerprint density at radius 2 is 2.00 bits per heavy atom. The van der Waals surface area contributed by atoms with E-state index in [0.717, 1.165) is 19.3 Å². The first-order valence-corrected chi connectivity index (χ1v) is 6.82. The zero-order chi connectivity index (χ0) is 14.3. The van der Waals surface area contributed by atoms with Crippen LogP contribution in [0.4, 0.5) is 4.79 Å². The number of carbonyl (C=O) groups is 2. The van der Waals surface area contributed by atoms with Gasteiger partial charge >= 0.3 is 12.1 Å². The first kappa shape index (κ1) is 14.2. The van der Waals surface area contributed by atoms with Gasteiger partial charge in [-0.3, -0.25) is 4.79 Å². The highest BCUT2D eigenvalue weighted by Gasteiger charge is 2.52. The van der Waals surface area contributed by atoms with E-state index < -0.39 is 11.0 Å². The summed E-state index contributed by atoms with van der Waals surface area (Å²) in [5, 5.41) is 0. The monoisotopic (exact) mass is 269 g/mol. The van der Waals surface area contributed by atoms with Crippen molar-refractivity contribution in [3.8, 4) is 0 Å². The van der Waals surface area contributed by atoms with Gasteiger partial charge in [-0.15, -0.1) is 0 Å². The van der Waals surface area contributed by atoms with Crippen LogP contribution >= 0.6 is 0 Å². The topological polar surface area (TPSA) is 55.8 Å². The van der Waals surface area contributed by atoms with Crippen molar-refractivity contribution in [2.75, 3.05) is 20.2 Å². The lowest BCUT2D eigenvalue weighted by Crippen LogP contribution is -2.50. The summed E-state index contributed by atoms with van der Waals surface area (Å²) in [6, 6.07) is 0. The van der Waals surface area contributed by atoms with Gasteiger partial charge in [0.05, 0.1) is 12.5 Å². The summed E-state index contributed by atoms with van der Waals surface area (Å²) in [6.45, 7) is 6.65. The molecule has 0 N–H and O–H groups in total. The quantitative estimate of drug-likeness (QED) is 0.685. The van der Waals surface area contributed by atoms with Crippen LogP contribution in [-0.4, -0.2) is 42.8 Å². The van der Waals surface area contributed by atoms with Crippen LogP contribution in [-0.2, 0) is 14.3 Å². The molecule has 0 aromatic carbocycles. The van der Waals surface area contributed by atoms with Crippen molar-refractivity contribution in [3.05, 3.63) is 0 Å². The van der Waals surface area contributed by atoms with Crippen molar-refractivity contribution in [1.82, 2.24) is 4.90 Å². The van der Waals surface area contributed by atoms with Crippen molar-refractivity contribution in [3.63, 3.8) is 0 Å². The van der Waals surface area contributed by atoms with Crippen LogP contribution in [0, 0.1) is 11.3 Å². The molecule has 0 spiro atoms. The third kappa shape index (κ3) is 2.85. The van der Waals surface area contributed by atoms with Gasteiger partial charge in [-0.25, -0.2) is 4.79 Å². The molecule has 2 aliphatic rings. The minimum atomic E-state index is -0.508. The van der Waals surface area contributed by atoms with E-state index in [2.05, 4.69) is 0 Å². The van der Waals surface area contributed by atoms with Gasteiger partial charge in [0.15, 0.2) is 0 Å². The van der Waals surface area contributed by atoms with Crippen LogP contribution < -0.4 is 0 Å². The molecule has 1 aliphatic heterocycles. The van der Waals surface area contributed by atoms with E-state index in [4.69, 9.17) is 9.47 Å². The Morgan fingerprint density at radius 1 is 1.32 bits per heavy atom. The zero-order valence-electron chi connectivity index (χ0n) is 12.2. The van der Waals surface area contributed by atoms with Gasteiger partial charge in [0.1, 0.15) is 5.60 Å². The number of hydrogen-bond acceptors (Lipinski definition) is 4. The summed E-state index contributed by atoms with van der Waals surface area (Å²) in [4.78, 5) is 25.8. The number of rotatable bonds is 1. The van der Waals surface area contributed by atoms with Crippen LogP contribution in [0.15, 0.2) is 0 Å². The summed E-state index contributed by atoms with van der Waals surface area (Å²) in [7, 11) is 1.41. The maximum atomic E-state index is 12.1. The third-order valence-corrected chi connectivity index (χ3v) is 3.95. The fourth-order valence-electron chi connectivity index (χ4n) is 3.21. The molecular weight excluding hydrogens is 246 g/mol. The van der Waals surface area contributed by atoms with Gasteiger partial charge < -0.3 is 14.4 Å². The first-order chi connectivity index (χ1) is 8.76. The number of likely N-dealkylation sites (tertiary alicyclic amines) is 1. The Morgan fingerprint density at radius 3 is 2.58 bits per heavy atom. The van der Waals surface area contributed by atoms with Crippen molar-refractivity contribution in [1.29, 1.82) is 0 Å². The molecule has 1 saturated heterocycles. The maximum Gasteiger partial charge on any atom is 0.410 e. The summed E-state index contributed by atoms with van der Waals surface area (Å²) >= 11 is 0. The summed E-state index contributed by atoms with van der Waals surface area (Å²) < 4.78 is 10.3. The lowest BCUT2D eigenvalue weighted by Gasteiger charge is -2.38. The largest absolute Gasteiger partial charge is 0.469 e. The fraction of sp³-hybridized carbons (Fsp3) is 0.857. The molecule has 108 valence electrons. The normalized spacial score (nSPS) is 30.1. The second-order valence-electron chi connectivity index (χ2n) is 6.74. The zero-order valence-corrected chi connectivity index (χ0v) is 12.2. The number of carbonyl (C=O) groups excluding carboxylic acids is 2. The Balaban J connectivity index is 2.09. The van der Waals surface area contributed by atoms with E-state index in [1.54, 1.807) is 4.90 Å². The number of methoxy groups -OCH3 is 1. The summed E-state index contributed by atoms with van der Waals surface area (Å²) in [6.07, 6.45) is 2.30. The molecular formula is C14H23NO4. The van der Waals surface area contributed by atoms with E-state index in [0.29, 0.717) is 19.0 Å². The van der Waals surface area contributed by atoms with Crippen molar-refractivity contribution in [2.45, 2.75) is 45.6 Å².